The van der Waals surface area contributed by atoms with E-state index >= 15 is 0 Å². The minimum Gasteiger partial charge on any atom is -0.325 e. The number of rotatable bonds is 5. The SMILES string of the molecule is CC(C)(C)c1ccc(NC(=O)CN(c2ccc(C#N)cc2)S(C)(=O)=O)cc1. The van der Waals surface area contributed by atoms with E-state index in [0.29, 0.717) is 16.9 Å². The normalized spacial score (nSPS) is 11.5. The third-order valence-electron chi connectivity index (χ3n) is 4.01. The van der Waals surface area contributed by atoms with Crippen LogP contribution in [0.1, 0.15) is 31.9 Å². The van der Waals surface area contributed by atoms with Gasteiger partial charge in [0, 0.05) is 5.69 Å². The van der Waals surface area contributed by atoms with Crippen LogP contribution in [-0.4, -0.2) is 27.1 Å². The first-order valence-corrected chi connectivity index (χ1v) is 10.2. The lowest BCUT2D eigenvalue weighted by atomic mass is 9.87. The highest BCUT2D eigenvalue weighted by molar-refractivity contribution is 7.92. The van der Waals surface area contributed by atoms with Crippen molar-refractivity contribution < 1.29 is 13.2 Å². The Balaban J connectivity index is 2.15. The Morgan fingerprint density at radius 1 is 1.07 bits per heavy atom. The van der Waals surface area contributed by atoms with Crippen LogP contribution in [0.15, 0.2) is 48.5 Å². The molecule has 2 aromatic carbocycles. The molecular weight excluding hydrogens is 362 g/mol. The van der Waals surface area contributed by atoms with Crippen molar-refractivity contribution in [2.24, 2.45) is 0 Å². The molecule has 1 amide bonds. The van der Waals surface area contributed by atoms with Crippen LogP contribution in [0.5, 0.6) is 0 Å². The van der Waals surface area contributed by atoms with Crippen LogP contribution in [0.4, 0.5) is 11.4 Å². The summed E-state index contributed by atoms with van der Waals surface area (Å²) in [6.45, 7) is 5.94. The van der Waals surface area contributed by atoms with E-state index in [2.05, 4.69) is 26.1 Å². The average molecular weight is 385 g/mol. The first-order chi connectivity index (χ1) is 12.5. The quantitative estimate of drug-likeness (QED) is 0.855. The summed E-state index contributed by atoms with van der Waals surface area (Å²) in [5, 5.41) is 11.6. The minimum absolute atomic E-state index is 0.00517. The summed E-state index contributed by atoms with van der Waals surface area (Å²) in [4.78, 5) is 12.4. The summed E-state index contributed by atoms with van der Waals surface area (Å²) < 4.78 is 25.2. The van der Waals surface area contributed by atoms with Crippen LogP contribution in [-0.2, 0) is 20.2 Å². The number of nitrogens with one attached hydrogen (secondary N) is 1. The lowest BCUT2D eigenvalue weighted by molar-refractivity contribution is -0.114. The van der Waals surface area contributed by atoms with Crippen LogP contribution < -0.4 is 9.62 Å². The Morgan fingerprint density at radius 3 is 2.07 bits per heavy atom. The van der Waals surface area contributed by atoms with Gasteiger partial charge in [0.2, 0.25) is 15.9 Å². The molecule has 7 heteroatoms. The first kappa shape index (κ1) is 20.5. The number of nitriles is 1. The van der Waals surface area contributed by atoms with Crippen molar-refractivity contribution >= 4 is 27.3 Å². The second-order valence-electron chi connectivity index (χ2n) is 7.30. The lowest BCUT2D eigenvalue weighted by Gasteiger charge is -2.22. The van der Waals surface area contributed by atoms with Gasteiger partial charge < -0.3 is 5.32 Å². The summed E-state index contributed by atoms with van der Waals surface area (Å²) in [5.41, 5.74) is 2.48. The van der Waals surface area contributed by atoms with Gasteiger partial charge in [-0.25, -0.2) is 8.42 Å². The number of hydrogen-bond acceptors (Lipinski definition) is 4. The second-order valence-corrected chi connectivity index (χ2v) is 9.21. The molecule has 6 nitrogen and oxygen atoms in total. The highest BCUT2D eigenvalue weighted by atomic mass is 32.2. The molecule has 0 unspecified atom stereocenters. The molecule has 0 radical (unpaired) electrons. The molecule has 0 aliphatic heterocycles. The molecule has 0 aromatic heterocycles. The number of carbonyl (C=O) groups is 1. The van der Waals surface area contributed by atoms with Crippen molar-refractivity contribution in [3.63, 3.8) is 0 Å². The monoisotopic (exact) mass is 385 g/mol. The number of benzene rings is 2. The van der Waals surface area contributed by atoms with Crippen LogP contribution in [0.3, 0.4) is 0 Å². The van der Waals surface area contributed by atoms with E-state index in [4.69, 9.17) is 5.26 Å². The smallest absolute Gasteiger partial charge is 0.245 e. The first-order valence-electron chi connectivity index (χ1n) is 8.39. The molecule has 27 heavy (non-hydrogen) atoms. The molecule has 0 saturated carbocycles. The zero-order valence-electron chi connectivity index (χ0n) is 15.9. The van der Waals surface area contributed by atoms with Gasteiger partial charge in [-0.3, -0.25) is 9.10 Å². The van der Waals surface area contributed by atoms with E-state index in [0.717, 1.165) is 16.1 Å². The van der Waals surface area contributed by atoms with Crippen molar-refractivity contribution in [1.29, 1.82) is 5.26 Å². The standard InChI is InChI=1S/C20H23N3O3S/c1-20(2,3)16-7-9-17(10-8-16)22-19(24)14-23(27(4,25)26)18-11-5-15(13-21)6-12-18/h5-12H,14H2,1-4H3,(H,22,24). The average Bonchev–Trinajstić information content (AvgIpc) is 2.58. The van der Waals surface area contributed by atoms with E-state index < -0.39 is 15.9 Å². The number of carbonyl (C=O) groups excluding carboxylic acids is 1. The summed E-state index contributed by atoms with van der Waals surface area (Å²) in [6.07, 6.45) is 1.04. The number of hydrogen-bond donors (Lipinski definition) is 1. The van der Waals surface area contributed by atoms with Gasteiger partial charge in [0.15, 0.2) is 0 Å². The Kier molecular flexibility index (Phi) is 5.91. The third-order valence-corrected chi connectivity index (χ3v) is 5.15. The largest absolute Gasteiger partial charge is 0.325 e. The maximum Gasteiger partial charge on any atom is 0.245 e. The number of anilines is 2. The third kappa shape index (κ3) is 5.56. The molecule has 0 saturated heterocycles. The maximum atomic E-state index is 12.4. The van der Waals surface area contributed by atoms with Gasteiger partial charge in [0.05, 0.1) is 23.6 Å². The Labute approximate surface area is 160 Å². The maximum absolute atomic E-state index is 12.4. The number of amides is 1. The van der Waals surface area contributed by atoms with Gasteiger partial charge in [-0.15, -0.1) is 0 Å². The predicted molar refractivity (Wildman–Crippen MR) is 107 cm³/mol. The number of nitrogens with zero attached hydrogens (tertiary/aromatic N) is 2. The fourth-order valence-corrected chi connectivity index (χ4v) is 3.34. The van der Waals surface area contributed by atoms with Crippen LogP contribution in [0.2, 0.25) is 0 Å². The molecule has 0 spiro atoms. The molecule has 2 aromatic rings. The summed E-state index contributed by atoms with van der Waals surface area (Å²) in [6, 6.07) is 15.5. The zero-order chi connectivity index (χ0) is 20.2. The molecule has 2 rings (SSSR count). The lowest BCUT2D eigenvalue weighted by Crippen LogP contribution is -2.37. The Hall–Kier alpha value is -2.85. The van der Waals surface area contributed by atoms with E-state index in [1.54, 1.807) is 12.1 Å². The van der Waals surface area contributed by atoms with Crippen LogP contribution in [0, 0.1) is 11.3 Å². The molecule has 0 atom stereocenters. The van der Waals surface area contributed by atoms with Crippen molar-refractivity contribution in [2.45, 2.75) is 26.2 Å². The van der Waals surface area contributed by atoms with Gasteiger partial charge in [-0.1, -0.05) is 32.9 Å². The molecular formula is C20H23N3O3S. The van der Waals surface area contributed by atoms with Crippen LogP contribution in [0.25, 0.3) is 0 Å². The van der Waals surface area contributed by atoms with Crippen molar-refractivity contribution in [2.75, 3.05) is 22.4 Å². The fourth-order valence-electron chi connectivity index (χ4n) is 2.49. The van der Waals surface area contributed by atoms with E-state index in [-0.39, 0.29) is 12.0 Å². The molecule has 0 aliphatic carbocycles. The molecule has 1 N–H and O–H groups in total. The van der Waals surface area contributed by atoms with Gasteiger partial charge in [0.1, 0.15) is 6.54 Å². The topological polar surface area (TPSA) is 90.3 Å². The molecule has 0 bridgehead atoms. The van der Waals surface area contributed by atoms with Gasteiger partial charge in [-0.05, 0) is 47.4 Å². The summed E-state index contributed by atoms with van der Waals surface area (Å²) >= 11 is 0. The van der Waals surface area contributed by atoms with E-state index in [1.165, 1.54) is 24.3 Å². The molecule has 0 fully saturated rings. The zero-order valence-corrected chi connectivity index (χ0v) is 16.7. The van der Waals surface area contributed by atoms with Crippen molar-refractivity contribution in [1.82, 2.24) is 0 Å². The van der Waals surface area contributed by atoms with Gasteiger partial charge in [0.25, 0.3) is 0 Å². The summed E-state index contributed by atoms with van der Waals surface area (Å²) in [5.74, 6) is -0.451. The Bertz CT molecular complexity index is 952. The van der Waals surface area contributed by atoms with E-state index in [9.17, 15) is 13.2 Å². The molecule has 0 aliphatic rings. The second kappa shape index (κ2) is 7.80. The molecule has 0 heterocycles. The Morgan fingerprint density at radius 2 is 1.63 bits per heavy atom. The fraction of sp³-hybridized carbons (Fsp3) is 0.300. The molecule has 142 valence electrons. The predicted octanol–water partition coefficient (Wildman–Crippen LogP) is 3.26. The highest BCUT2D eigenvalue weighted by Gasteiger charge is 2.21. The van der Waals surface area contributed by atoms with Crippen molar-refractivity contribution in [3.05, 3.63) is 59.7 Å². The van der Waals surface area contributed by atoms with E-state index in [1.807, 2.05) is 18.2 Å². The van der Waals surface area contributed by atoms with Crippen molar-refractivity contribution in [3.8, 4) is 6.07 Å². The highest BCUT2D eigenvalue weighted by Crippen LogP contribution is 2.24. The minimum atomic E-state index is -3.66. The summed E-state index contributed by atoms with van der Waals surface area (Å²) in [7, 11) is -3.66. The van der Waals surface area contributed by atoms with Gasteiger partial charge in [-0.2, -0.15) is 5.26 Å². The van der Waals surface area contributed by atoms with Gasteiger partial charge >= 0.3 is 0 Å². The number of sulfonamides is 1. The van der Waals surface area contributed by atoms with Crippen LogP contribution >= 0.6 is 0 Å².